The number of anilines is 1. The minimum atomic E-state index is -0.891. The Hall–Kier alpha value is -3.03. The number of nitrogens with one attached hydrogen (secondary N) is 1. The van der Waals surface area contributed by atoms with Crippen molar-refractivity contribution in [3.63, 3.8) is 0 Å². The van der Waals surface area contributed by atoms with Crippen LogP contribution in [0.5, 0.6) is 5.75 Å². The van der Waals surface area contributed by atoms with Crippen molar-refractivity contribution in [3.05, 3.63) is 52.9 Å². The molecule has 3 heterocycles. The van der Waals surface area contributed by atoms with Gasteiger partial charge >= 0.3 is 0 Å². The average molecular weight is 428 g/mol. The summed E-state index contributed by atoms with van der Waals surface area (Å²) in [7, 11) is 0. The number of ether oxygens (including phenoxy) is 1. The molecule has 1 N–H and O–H groups in total. The molecule has 31 heavy (non-hydrogen) atoms. The molecule has 1 aliphatic heterocycles. The number of fused-ring (bicyclic) bond motifs is 2. The molecule has 0 aliphatic carbocycles. The quantitative estimate of drug-likeness (QED) is 0.520. The molecule has 0 saturated carbocycles. The van der Waals surface area contributed by atoms with E-state index < -0.39 is 23.3 Å². The van der Waals surface area contributed by atoms with Gasteiger partial charge in [0.1, 0.15) is 17.2 Å². The van der Waals surface area contributed by atoms with Crippen LogP contribution < -0.4 is 10.1 Å². The Bertz CT molecular complexity index is 1160. The fourth-order valence-corrected chi connectivity index (χ4v) is 3.94. The third-order valence-corrected chi connectivity index (χ3v) is 5.92. The zero-order chi connectivity index (χ0) is 22.3. The van der Waals surface area contributed by atoms with Gasteiger partial charge in [0.15, 0.2) is 23.1 Å². The zero-order valence-corrected chi connectivity index (χ0v) is 18.1. The van der Waals surface area contributed by atoms with E-state index in [1.165, 1.54) is 12.3 Å². The van der Waals surface area contributed by atoms with E-state index in [-0.39, 0.29) is 11.3 Å². The van der Waals surface area contributed by atoms with Crippen LogP contribution in [0.25, 0.3) is 5.65 Å². The summed E-state index contributed by atoms with van der Waals surface area (Å²) in [5.74, 6) is -0.854. The van der Waals surface area contributed by atoms with Crippen LogP contribution in [0.15, 0.2) is 24.5 Å². The third-order valence-electron chi connectivity index (χ3n) is 5.92. The number of halogens is 2. The Morgan fingerprint density at radius 1 is 1.39 bits per heavy atom. The molecule has 0 saturated heterocycles. The van der Waals surface area contributed by atoms with Crippen molar-refractivity contribution in [1.82, 2.24) is 14.6 Å². The Balaban J connectivity index is 1.67. The number of aromatic nitrogens is 3. The van der Waals surface area contributed by atoms with Gasteiger partial charge in [0.25, 0.3) is 0 Å². The third kappa shape index (κ3) is 3.75. The lowest BCUT2D eigenvalue weighted by Crippen LogP contribution is -2.29. The molecule has 1 aromatic carbocycles. The second kappa shape index (κ2) is 7.90. The summed E-state index contributed by atoms with van der Waals surface area (Å²) < 4.78 is 36.4. The highest BCUT2D eigenvalue weighted by molar-refractivity contribution is 6.01. The van der Waals surface area contributed by atoms with Crippen LogP contribution in [0.3, 0.4) is 0 Å². The van der Waals surface area contributed by atoms with Crippen LogP contribution in [0.1, 0.15) is 74.5 Å². The molecule has 0 amide bonds. The van der Waals surface area contributed by atoms with Gasteiger partial charge in [-0.1, -0.05) is 13.8 Å². The van der Waals surface area contributed by atoms with Crippen LogP contribution in [-0.2, 0) is 6.42 Å². The highest BCUT2D eigenvalue weighted by Gasteiger charge is 2.38. The van der Waals surface area contributed by atoms with Gasteiger partial charge in [-0.15, -0.1) is 0 Å². The van der Waals surface area contributed by atoms with Crippen molar-refractivity contribution < 1.29 is 18.3 Å². The first-order chi connectivity index (χ1) is 14.8. The summed E-state index contributed by atoms with van der Waals surface area (Å²) in [6, 6.07) is 2.50. The van der Waals surface area contributed by atoms with Gasteiger partial charge in [-0.25, -0.2) is 18.3 Å². The van der Waals surface area contributed by atoms with Gasteiger partial charge in [0.05, 0.1) is 17.8 Å². The fraction of sp³-hybridized carbons (Fsp3) is 0.435. The molecule has 0 bridgehead atoms. The van der Waals surface area contributed by atoms with Crippen molar-refractivity contribution in [1.29, 1.82) is 0 Å². The van der Waals surface area contributed by atoms with Crippen molar-refractivity contribution in [2.24, 2.45) is 0 Å². The minimum absolute atomic E-state index is 0.0131. The zero-order valence-electron chi connectivity index (χ0n) is 18.1. The number of Topliss-reactive ketones (excluding diaryl/α,β-unsaturated/α-hetero) is 1. The van der Waals surface area contributed by atoms with E-state index in [0.717, 1.165) is 6.42 Å². The van der Waals surface area contributed by atoms with Gasteiger partial charge in [-0.2, -0.15) is 5.10 Å². The first-order valence-electron chi connectivity index (χ1n) is 10.6. The molecule has 164 valence electrons. The predicted octanol–water partition coefficient (Wildman–Crippen LogP) is 5.27. The molecule has 3 aromatic rings. The maximum Gasteiger partial charge on any atom is 0.168 e. The lowest BCUT2D eigenvalue weighted by Gasteiger charge is -2.23. The van der Waals surface area contributed by atoms with E-state index in [0.29, 0.717) is 47.6 Å². The largest absolute Gasteiger partial charge is 0.486 e. The molecule has 0 fully saturated rings. The molecule has 0 spiro atoms. The number of nitrogens with zero attached hydrogens (tertiary/aromatic N) is 3. The number of hydrogen-bond acceptors (Lipinski definition) is 5. The monoisotopic (exact) mass is 428 g/mol. The maximum atomic E-state index is 14.4. The van der Waals surface area contributed by atoms with Gasteiger partial charge in [-0.3, -0.25) is 4.79 Å². The molecule has 2 aromatic heterocycles. The summed E-state index contributed by atoms with van der Waals surface area (Å²) in [6.45, 7) is 7.64. The highest BCUT2D eigenvalue weighted by atomic mass is 19.2. The second-order valence-electron chi connectivity index (χ2n) is 8.33. The van der Waals surface area contributed by atoms with Crippen molar-refractivity contribution in [2.75, 3.05) is 5.32 Å². The Labute approximate surface area is 179 Å². The van der Waals surface area contributed by atoms with Crippen LogP contribution in [0.2, 0.25) is 0 Å². The standard InChI is InChI=1S/C23H26F2N4O2/c1-5-7-18(30)16-12-26-29-9-8-19(28-22(16)29)27-13(3)14-10-17(24)20(25)15-11-23(4,6-2)31-21(14)15/h8-10,12-13H,5-7,11H2,1-4H3,(H,27,28)/t13-,23?/m1/s1. The molecule has 0 radical (unpaired) electrons. The van der Waals surface area contributed by atoms with Gasteiger partial charge in [0.2, 0.25) is 0 Å². The molecule has 6 nitrogen and oxygen atoms in total. The fourth-order valence-electron chi connectivity index (χ4n) is 3.94. The number of hydrogen-bond donors (Lipinski definition) is 1. The summed E-state index contributed by atoms with van der Waals surface area (Å²) in [5.41, 5.74) is 1.17. The lowest BCUT2D eigenvalue weighted by atomic mass is 9.94. The van der Waals surface area contributed by atoms with E-state index in [1.54, 1.807) is 16.8 Å². The number of ketones is 1. The van der Waals surface area contributed by atoms with Crippen LogP contribution in [-0.4, -0.2) is 26.0 Å². The van der Waals surface area contributed by atoms with Crippen molar-refractivity contribution in [3.8, 4) is 5.75 Å². The van der Waals surface area contributed by atoms with E-state index >= 15 is 0 Å². The van der Waals surface area contributed by atoms with Crippen LogP contribution in [0, 0.1) is 11.6 Å². The molecule has 1 aliphatic rings. The van der Waals surface area contributed by atoms with Crippen LogP contribution >= 0.6 is 0 Å². The summed E-state index contributed by atoms with van der Waals surface area (Å²) >= 11 is 0. The van der Waals surface area contributed by atoms with Crippen molar-refractivity contribution in [2.45, 2.75) is 65.0 Å². The number of carbonyl (C=O) groups is 1. The molecule has 8 heteroatoms. The molecule has 4 rings (SSSR count). The first kappa shape index (κ1) is 21.2. The van der Waals surface area contributed by atoms with E-state index in [1.807, 2.05) is 27.7 Å². The van der Waals surface area contributed by atoms with Crippen molar-refractivity contribution >= 4 is 17.2 Å². The highest BCUT2D eigenvalue weighted by Crippen LogP contribution is 2.44. The predicted molar refractivity (Wildman–Crippen MR) is 114 cm³/mol. The van der Waals surface area contributed by atoms with Gasteiger partial charge in [0, 0.05) is 30.2 Å². The van der Waals surface area contributed by atoms with E-state index in [2.05, 4.69) is 15.4 Å². The molecular weight excluding hydrogens is 402 g/mol. The van der Waals surface area contributed by atoms with E-state index in [9.17, 15) is 13.6 Å². The summed E-state index contributed by atoms with van der Waals surface area (Å²) in [4.78, 5) is 16.9. The smallest absolute Gasteiger partial charge is 0.168 e. The van der Waals surface area contributed by atoms with Crippen LogP contribution in [0.4, 0.5) is 14.6 Å². The summed E-state index contributed by atoms with van der Waals surface area (Å²) in [5, 5.41) is 7.42. The normalized spacial score (nSPS) is 18.6. The van der Waals surface area contributed by atoms with Gasteiger partial charge < -0.3 is 10.1 Å². The maximum absolute atomic E-state index is 14.4. The Morgan fingerprint density at radius 2 is 2.16 bits per heavy atom. The number of carbonyl (C=O) groups excluding carboxylic acids is 1. The minimum Gasteiger partial charge on any atom is -0.486 e. The second-order valence-corrected chi connectivity index (χ2v) is 8.33. The Morgan fingerprint density at radius 3 is 2.87 bits per heavy atom. The number of benzene rings is 1. The summed E-state index contributed by atoms with van der Waals surface area (Å²) in [6.07, 6.45) is 5.40. The Kier molecular flexibility index (Phi) is 5.41. The topological polar surface area (TPSA) is 68.5 Å². The number of rotatable bonds is 7. The van der Waals surface area contributed by atoms with E-state index in [4.69, 9.17) is 4.74 Å². The molecule has 1 unspecified atom stereocenters. The first-order valence-corrected chi connectivity index (χ1v) is 10.6. The SMILES string of the molecule is CCCC(=O)c1cnn2ccc(N[C@H](C)c3cc(F)c(F)c4c3OC(C)(CC)C4)nc12. The average Bonchev–Trinajstić information content (AvgIpc) is 3.32. The lowest BCUT2D eigenvalue weighted by molar-refractivity contribution is 0.0983. The molecular formula is C23H26F2N4O2. The molecule has 2 atom stereocenters. The van der Waals surface area contributed by atoms with Gasteiger partial charge in [-0.05, 0) is 38.8 Å².